The van der Waals surface area contributed by atoms with Crippen molar-refractivity contribution in [3.63, 3.8) is 0 Å². The molecule has 1 rings (SSSR count). The molecule has 0 saturated carbocycles. The van der Waals surface area contributed by atoms with Crippen LogP contribution in [0.4, 0.5) is 5.82 Å². The average Bonchev–Trinajstić information content (AvgIpc) is 2.36. The van der Waals surface area contributed by atoms with E-state index >= 15 is 0 Å². The smallest absolute Gasteiger partial charge is 0.136 e. The van der Waals surface area contributed by atoms with Gasteiger partial charge in [0.2, 0.25) is 0 Å². The van der Waals surface area contributed by atoms with Crippen LogP contribution in [0.3, 0.4) is 0 Å². The van der Waals surface area contributed by atoms with E-state index in [1.54, 1.807) is 0 Å². The quantitative estimate of drug-likeness (QED) is 0.531. The normalized spacial score (nSPS) is 10.6. The summed E-state index contributed by atoms with van der Waals surface area (Å²) in [6.45, 7) is 7.19. The molecule has 4 heteroatoms. The minimum absolute atomic E-state index is 0.417. The molecule has 0 atom stereocenters. The van der Waals surface area contributed by atoms with Crippen LogP contribution >= 0.6 is 12.2 Å². The minimum atomic E-state index is 0.417. The summed E-state index contributed by atoms with van der Waals surface area (Å²) in [5.74, 6) is 0.837. The molecule has 3 nitrogen and oxygen atoms in total. The van der Waals surface area contributed by atoms with Gasteiger partial charge in [-0.3, -0.25) is 0 Å². The standard InChI is InChI=1S/C16H27N3S/c1-4-5-6-7-8-9-10-18-16-14(15(17)20)12(2)11-13(3)19-16/h11H,4-10H2,1-3H3,(H2,17,20)(H,18,19). The van der Waals surface area contributed by atoms with Gasteiger partial charge in [0, 0.05) is 12.2 Å². The van der Waals surface area contributed by atoms with Crippen molar-refractivity contribution in [1.82, 2.24) is 4.98 Å². The first-order valence-electron chi connectivity index (χ1n) is 7.58. The van der Waals surface area contributed by atoms with E-state index in [1.807, 2.05) is 19.9 Å². The fourth-order valence-electron chi connectivity index (χ4n) is 2.39. The number of nitrogens with one attached hydrogen (secondary N) is 1. The SMILES string of the molecule is CCCCCCCCNc1nc(C)cc(C)c1C(N)=S. The van der Waals surface area contributed by atoms with Crippen molar-refractivity contribution in [3.05, 3.63) is 22.9 Å². The van der Waals surface area contributed by atoms with Crippen LogP contribution in [0, 0.1) is 13.8 Å². The van der Waals surface area contributed by atoms with Gasteiger partial charge in [-0.05, 0) is 31.9 Å². The van der Waals surface area contributed by atoms with Crippen molar-refractivity contribution >= 4 is 23.0 Å². The molecule has 112 valence electrons. The highest BCUT2D eigenvalue weighted by molar-refractivity contribution is 7.80. The second-order valence-electron chi connectivity index (χ2n) is 5.36. The third-order valence-corrected chi connectivity index (χ3v) is 3.62. The van der Waals surface area contributed by atoms with Gasteiger partial charge in [0.15, 0.2) is 0 Å². The molecule has 1 heterocycles. The van der Waals surface area contributed by atoms with Gasteiger partial charge in [0.1, 0.15) is 10.8 Å². The third kappa shape index (κ3) is 5.45. The lowest BCUT2D eigenvalue weighted by atomic mass is 10.1. The second kappa shape index (κ2) is 8.90. The van der Waals surface area contributed by atoms with E-state index in [0.29, 0.717) is 4.99 Å². The van der Waals surface area contributed by atoms with Crippen LogP contribution in [0.1, 0.15) is 62.3 Å². The number of anilines is 1. The molecular formula is C16H27N3S. The second-order valence-corrected chi connectivity index (χ2v) is 5.80. The predicted octanol–water partition coefficient (Wildman–Crippen LogP) is 4.11. The maximum absolute atomic E-state index is 5.80. The molecule has 0 unspecified atom stereocenters. The number of hydrogen-bond acceptors (Lipinski definition) is 3. The van der Waals surface area contributed by atoms with E-state index in [4.69, 9.17) is 18.0 Å². The Morgan fingerprint density at radius 1 is 1.20 bits per heavy atom. The highest BCUT2D eigenvalue weighted by atomic mass is 32.1. The molecule has 0 amide bonds. The molecule has 0 aliphatic carbocycles. The summed E-state index contributed by atoms with van der Waals surface area (Å²) in [4.78, 5) is 4.94. The topological polar surface area (TPSA) is 50.9 Å². The van der Waals surface area contributed by atoms with Crippen molar-refractivity contribution in [1.29, 1.82) is 0 Å². The van der Waals surface area contributed by atoms with Crippen LogP contribution in [0.2, 0.25) is 0 Å². The molecule has 0 radical (unpaired) electrons. The Hall–Kier alpha value is -1.16. The summed E-state index contributed by atoms with van der Waals surface area (Å²) in [5, 5.41) is 3.39. The largest absolute Gasteiger partial charge is 0.389 e. The molecule has 1 aromatic rings. The van der Waals surface area contributed by atoms with E-state index in [2.05, 4.69) is 17.2 Å². The van der Waals surface area contributed by atoms with Gasteiger partial charge in [-0.25, -0.2) is 4.98 Å². The number of unbranched alkanes of at least 4 members (excludes halogenated alkanes) is 5. The van der Waals surface area contributed by atoms with Gasteiger partial charge < -0.3 is 11.1 Å². The maximum Gasteiger partial charge on any atom is 0.136 e. The highest BCUT2D eigenvalue weighted by Gasteiger charge is 2.10. The van der Waals surface area contributed by atoms with E-state index in [-0.39, 0.29) is 0 Å². The van der Waals surface area contributed by atoms with Crippen LogP contribution in [0.5, 0.6) is 0 Å². The van der Waals surface area contributed by atoms with Crippen LogP contribution in [0.15, 0.2) is 6.07 Å². The Balaban J connectivity index is 2.49. The first-order chi connectivity index (χ1) is 9.56. The molecule has 0 aromatic carbocycles. The van der Waals surface area contributed by atoms with Crippen molar-refractivity contribution in [2.24, 2.45) is 5.73 Å². The summed E-state index contributed by atoms with van der Waals surface area (Å²) in [7, 11) is 0. The summed E-state index contributed by atoms with van der Waals surface area (Å²) in [6, 6.07) is 2.02. The molecule has 3 N–H and O–H groups in total. The van der Waals surface area contributed by atoms with Crippen molar-refractivity contribution in [3.8, 4) is 0 Å². The zero-order valence-electron chi connectivity index (χ0n) is 13.0. The number of nitrogens with zero attached hydrogens (tertiary/aromatic N) is 1. The summed E-state index contributed by atoms with van der Waals surface area (Å²) in [6.07, 6.45) is 7.73. The number of pyridine rings is 1. The lowest BCUT2D eigenvalue weighted by molar-refractivity contribution is 0.616. The number of hydrogen-bond donors (Lipinski definition) is 2. The lowest BCUT2D eigenvalue weighted by Crippen LogP contribution is -2.17. The van der Waals surface area contributed by atoms with E-state index in [0.717, 1.165) is 35.6 Å². The number of nitrogens with two attached hydrogens (primary N) is 1. The lowest BCUT2D eigenvalue weighted by Gasteiger charge is -2.13. The molecule has 0 spiro atoms. The van der Waals surface area contributed by atoms with Crippen molar-refractivity contribution in [2.45, 2.75) is 59.3 Å². The monoisotopic (exact) mass is 293 g/mol. The molecule has 0 aliphatic rings. The Labute approximate surface area is 128 Å². The van der Waals surface area contributed by atoms with E-state index in [9.17, 15) is 0 Å². The van der Waals surface area contributed by atoms with E-state index in [1.165, 1.54) is 32.1 Å². The van der Waals surface area contributed by atoms with Gasteiger partial charge in [-0.2, -0.15) is 0 Å². The van der Waals surface area contributed by atoms with Crippen LogP contribution in [-0.2, 0) is 0 Å². The van der Waals surface area contributed by atoms with Crippen molar-refractivity contribution in [2.75, 3.05) is 11.9 Å². The third-order valence-electron chi connectivity index (χ3n) is 3.41. The van der Waals surface area contributed by atoms with Gasteiger partial charge in [0.05, 0.1) is 5.56 Å². The first kappa shape index (κ1) is 16.9. The van der Waals surface area contributed by atoms with Gasteiger partial charge in [-0.1, -0.05) is 51.2 Å². The van der Waals surface area contributed by atoms with Gasteiger partial charge >= 0.3 is 0 Å². The Morgan fingerprint density at radius 2 is 1.85 bits per heavy atom. The fraction of sp³-hybridized carbons (Fsp3) is 0.625. The molecule has 0 bridgehead atoms. The Bertz CT molecular complexity index is 444. The molecule has 0 aliphatic heterocycles. The van der Waals surface area contributed by atoms with Crippen LogP contribution < -0.4 is 11.1 Å². The van der Waals surface area contributed by atoms with Gasteiger partial charge in [-0.15, -0.1) is 0 Å². The predicted molar refractivity (Wildman–Crippen MR) is 91.5 cm³/mol. The molecule has 0 saturated heterocycles. The minimum Gasteiger partial charge on any atom is -0.389 e. The highest BCUT2D eigenvalue weighted by Crippen LogP contribution is 2.18. The molecule has 0 fully saturated rings. The number of aromatic nitrogens is 1. The van der Waals surface area contributed by atoms with Crippen molar-refractivity contribution < 1.29 is 0 Å². The maximum atomic E-state index is 5.80. The zero-order valence-corrected chi connectivity index (χ0v) is 13.8. The summed E-state index contributed by atoms with van der Waals surface area (Å²) < 4.78 is 0. The van der Waals surface area contributed by atoms with Gasteiger partial charge in [0.25, 0.3) is 0 Å². The number of rotatable bonds is 9. The summed E-state index contributed by atoms with van der Waals surface area (Å²) >= 11 is 5.13. The average molecular weight is 293 g/mol. The first-order valence-corrected chi connectivity index (χ1v) is 7.99. The van der Waals surface area contributed by atoms with Crippen LogP contribution in [0.25, 0.3) is 0 Å². The fourth-order valence-corrected chi connectivity index (χ4v) is 2.65. The summed E-state index contributed by atoms with van der Waals surface area (Å²) in [5.41, 5.74) is 8.77. The Kier molecular flexibility index (Phi) is 7.52. The molecular weight excluding hydrogens is 266 g/mol. The molecule has 20 heavy (non-hydrogen) atoms. The number of aryl methyl sites for hydroxylation is 2. The molecule has 1 aromatic heterocycles. The zero-order chi connectivity index (χ0) is 15.0. The van der Waals surface area contributed by atoms with Crippen LogP contribution in [-0.4, -0.2) is 16.5 Å². The van der Waals surface area contributed by atoms with E-state index < -0.39 is 0 Å². The number of thiocarbonyl (C=S) groups is 1. The Morgan fingerprint density at radius 3 is 2.50 bits per heavy atom.